The summed E-state index contributed by atoms with van der Waals surface area (Å²) in [4.78, 5) is 8.45. The van der Waals surface area contributed by atoms with E-state index in [1.54, 1.807) is 12.3 Å². The molecule has 1 unspecified atom stereocenters. The second kappa shape index (κ2) is 6.18. The predicted molar refractivity (Wildman–Crippen MR) is 76.1 cm³/mol. The Labute approximate surface area is 114 Å². The Bertz CT molecular complexity index is 518. The van der Waals surface area contributed by atoms with E-state index < -0.39 is 9.84 Å². The first-order valence-electron chi connectivity index (χ1n) is 6.60. The number of hydrogen-bond donors (Lipinski definition) is 2. The normalized spacial score (nSPS) is 21.2. The van der Waals surface area contributed by atoms with Gasteiger partial charge in [0, 0.05) is 19.3 Å². The minimum atomic E-state index is -2.81. The molecule has 1 fully saturated rings. The molecule has 1 atom stereocenters. The lowest BCUT2D eigenvalue weighted by atomic mass is 10.1. The van der Waals surface area contributed by atoms with Gasteiger partial charge in [-0.25, -0.2) is 13.4 Å². The fraction of sp³-hybridized carbons (Fsp3) is 0.667. The van der Waals surface area contributed by atoms with Gasteiger partial charge in [0.15, 0.2) is 9.84 Å². The molecule has 0 bridgehead atoms. The van der Waals surface area contributed by atoms with E-state index in [0.29, 0.717) is 18.2 Å². The van der Waals surface area contributed by atoms with Crippen LogP contribution in [0.25, 0.3) is 0 Å². The highest BCUT2D eigenvalue weighted by molar-refractivity contribution is 7.91. The van der Waals surface area contributed by atoms with Crippen LogP contribution in [0.1, 0.15) is 19.8 Å². The van der Waals surface area contributed by atoms with Crippen molar-refractivity contribution in [3.63, 3.8) is 0 Å². The molecule has 1 aliphatic heterocycles. The summed E-state index contributed by atoms with van der Waals surface area (Å²) in [6.45, 7) is 3.56. The number of anilines is 2. The van der Waals surface area contributed by atoms with Crippen molar-refractivity contribution in [2.75, 3.05) is 35.2 Å². The lowest BCUT2D eigenvalue weighted by Crippen LogP contribution is -2.16. The third kappa shape index (κ3) is 4.34. The molecular weight excluding hydrogens is 264 g/mol. The van der Waals surface area contributed by atoms with Crippen molar-refractivity contribution in [1.82, 2.24) is 9.97 Å². The van der Waals surface area contributed by atoms with Crippen molar-refractivity contribution in [1.29, 1.82) is 0 Å². The van der Waals surface area contributed by atoms with Crippen molar-refractivity contribution in [2.45, 2.75) is 19.8 Å². The highest BCUT2D eigenvalue weighted by Gasteiger charge is 2.27. The van der Waals surface area contributed by atoms with Gasteiger partial charge in [-0.2, -0.15) is 4.98 Å². The van der Waals surface area contributed by atoms with Crippen LogP contribution in [0.2, 0.25) is 0 Å². The minimum Gasteiger partial charge on any atom is -0.370 e. The zero-order valence-corrected chi connectivity index (χ0v) is 11.9. The molecule has 7 heteroatoms. The van der Waals surface area contributed by atoms with Gasteiger partial charge in [0.25, 0.3) is 0 Å². The number of rotatable bonds is 6. The van der Waals surface area contributed by atoms with E-state index in [1.807, 2.05) is 0 Å². The Balaban J connectivity index is 1.86. The Hall–Kier alpha value is -1.37. The van der Waals surface area contributed by atoms with Gasteiger partial charge in [-0.1, -0.05) is 6.92 Å². The maximum atomic E-state index is 11.4. The van der Waals surface area contributed by atoms with Crippen LogP contribution in [0.3, 0.4) is 0 Å². The predicted octanol–water partition coefficient (Wildman–Crippen LogP) is 1.15. The Morgan fingerprint density at radius 2 is 2.26 bits per heavy atom. The van der Waals surface area contributed by atoms with Crippen molar-refractivity contribution in [2.24, 2.45) is 5.92 Å². The average molecular weight is 284 g/mol. The van der Waals surface area contributed by atoms with Gasteiger partial charge < -0.3 is 10.6 Å². The van der Waals surface area contributed by atoms with Gasteiger partial charge >= 0.3 is 0 Å². The molecule has 2 heterocycles. The molecule has 0 aromatic carbocycles. The molecule has 1 aromatic heterocycles. The number of aromatic nitrogens is 2. The zero-order valence-electron chi connectivity index (χ0n) is 11.1. The molecule has 0 radical (unpaired) electrons. The molecule has 1 aromatic rings. The average Bonchev–Trinajstić information content (AvgIpc) is 2.74. The van der Waals surface area contributed by atoms with Gasteiger partial charge in [0.1, 0.15) is 5.82 Å². The van der Waals surface area contributed by atoms with Crippen molar-refractivity contribution >= 4 is 21.6 Å². The monoisotopic (exact) mass is 284 g/mol. The Morgan fingerprint density at radius 1 is 1.42 bits per heavy atom. The standard InChI is InChI=1S/C12H20N4O2S/c1-2-5-13-12-14-6-3-11(16-12)15-8-10-4-7-19(17,18)9-10/h3,6,10H,2,4-5,7-9H2,1H3,(H2,13,14,15,16). The van der Waals surface area contributed by atoms with Gasteiger partial charge in [0.05, 0.1) is 11.5 Å². The first-order chi connectivity index (χ1) is 9.09. The molecule has 0 amide bonds. The molecule has 0 spiro atoms. The highest BCUT2D eigenvalue weighted by atomic mass is 32.2. The third-order valence-corrected chi connectivity index (χ3v) is 4.92. The molecule has 106 valence electrons. The van der Waals surface area contributed by atoms with Crippen molar-refractivity contribution in [3.05, 3.63) is 12.3 Å². The van der Waals surface area contributed by atoms with Crippen LogP contribution in [0.4, 0.5) is 11.8 Å². The smallest absolute Gasteiger partial charge is 0.224 e. The topological polar surface area (TPSA) is 84.0 Å². The van der Waals surface area contributed by atoms with E-state index in [2.05, 4.69) is 27.5 Å². The highest BCUT2D eigenvalue weighted by Crippen LogP contribution is 2.18. The molecule has 2 rings (SSSR count). The zero-order chi connectivity index (χ0) is 13.7. The summed E-state index contributed by atoms with van der Waals surface area (Å²) in [5.74, 6) is 2.12. The summed E-state index contributed by atoms with van der Waals surface area (Å²) in [5.41, 5.74) is 0. The fourth-order valence-electron chi connectivity index (χ4n) is 2.06. The summed E-state index contributed by atoms with van der Waals surface area (Å²) in [5, 5.41) is 6.30. The molecule has 6 nitrogen and oxygen atoms in total. The first kappa shape index (κ1) is 14.0. The largest absolute Gasteiger partial charge is 0.370 e. The summed E-state index contributed by atoms with van der Waals surface area (Å²) >= 11 is 0. The molecule has 1 aliphatic rings. The molecule has 0 aliphatic carbocycles. The molecular formula is C12H20N4O2S. The second-order valence-electron chi connectivity index (χ2n) is 4.84. The quantitative estimate of drug-likeness (QED) is 0.815. The lowest BCUT2D eigenvalue weighted by Gasteiger charge is -2.11. The second-order valence-corrected chi connectivity index (χ2v) is 7.07. The molecule has 1 saturated heterocycles. The van der Waals surface area contributed by atoms with Crippen LogP contribution in [0.5, 0.6) is 0 Å². The van der Waals surface area contributed by atoms with Crippen molar-refractivity contribution in [3.8, 4) is 0 Å². The van der Waals surface area contributed by atoms with Gasteiger partial charge in [-0.05, 0) is 24.8 Å². The van der Waals surface area contributed by atoms with Crippen LogP contribution in [0.15, 0.2) is 12.3 Å². The van der Waals surface area contributed by atoms with Gasteiger partial charge in [-0.3, -0.25) is 0 Å². The van der Waals surface area contributed by atoms with Crippen LogP contribution in [0, 0.1) is 5.92 Å². The first-order valence-corrected chi connectivity index (χ1v) is 8.42. The summed E-state index contributed by atoms with van der Waals surface area (Å²) < 4.78 is 22.7. The lowest BCUT2D eigenvalue weighted by molar-refractivity contribution is 0.595. The Morgan fingerprint density at radius 3 is 2.95 bits per heavy atom. The van der Waals surface area contributed by atoms with E-state index in [9.17, 15) is 8.42 Å². The van der Waals surface area contributed by atoms with E-state index in [-0.39, 0.29) is 11.7 Å². The number of hydrogen-bond acceptors (Lipinski definition) is 6. The Kier molecular flexibility index (Phi) is 4.57. The number of nitrogens with one attached hydrogen (secondary N) is 2. The van der Waals surface area contributed by atoms with Gasteiger partial charge in [0.2, 0.25) is 5.95 Å². The maximum Gasteiger partial charge on any atom is 0.224 e. The summed E-state index contributed by atoms with van der Waals surface area (Å²) in [6, 6.07) is 1.79. The maximum absolute atomic E-state index is 11.4. The SMILES string of the molecule is CCCNc1nccc(NCC2CCS(=O)(=O)C2)n1. The van der Waals surface area contributed by atoms with Gasteiger partial charge in [-0.15, -0.1) is 0 Å². The summed E-state index contributed by atoms with van der Waals surface area (Å²) in [7, 11) is -2.81. The van der Waals surface area contributed by atoms with Crippen LogP contribution < -0.4 is 10.6 Å². The van der Waals surface area contributed by atoms with E-state index in [4.69, 9.17) is 0 Å². The minimum absolute atomic E-state index is 0.187. The van der Waals surface area contributed by atoms with Crippen LogP contribution in [-0.2, 0) is 9.84 Å². The molecule has 19 heavy (non-hydrogen) atoms. The summed E-state index contributed by atoms with van der Waals surface area (Å²) in [6.07, 6.45) is 3.45. The van der Waals surface area contributed by atoms with E-state index >= 15 is 0 Å². The van der Waals surface area contributed by atoms with Crippen LogP contribution >= 0.6 is 0 Å². The van der Waals surface area contributed by atoms with Crippen LogP contribution in [-0.4, -0.2) is 43.0 Å². The molecule has 0 saturated carbocycles. The fourth-order valence-corrected chi connectivity index (χ4v) is 3.92. The van der Waals surface area contributed by atoms with Crippen molar-refractivity contribution < 1.29 is 8.42 Å². The molecule has 2 N–H and O–H groups in total. The number of sulfone groups is 1. The van der Waals surface area contributed by atoms with E-state index in [0.717, 1.165) is 25.2 Å². The third-order valence-electron chi connectivity index (χ3n) is 3.09. The van der Waals surface area contributed by atoms with E-state index in [1.165, 1.54) is 0 Å². The number of nitrogens with zero attached hydrogens (tertiary/aromatic N) is 2.